The summed E-state index contributed by atoms with van der Waals surface area (Å²) in [4.78, 5) is 22.6. The molecule has 0 unspecified atom stereocenters. The molecule has 1 aromatic carbocycles. The molecular weight excluding hydrogens is 309 g/mol. The molecule has 0 atom stereocenters. The quantitative estimate of drug-likeness (QED) is 0.841. The van der Waals surface area contributed by atoms with Crippen molar-refractivity contribution in [2.75, 3.05) is 5.32 Å². The van der Waals surface area contributed by atoms with Gasteiger partial charge in [0.1, 0.15) is 5.41 Å². The standard InChI is InChI=1S/C11H11BrClNO3/c1-11(2,10(16)17)9(15)14-6-3-4-8(13)7(12)5-6/h3-5H,1-2H3,(H,14,15)(H,16,17). The summed E-state index contributed by atoms with van der Waals surface area (Å²) >= 11 is 9.02. The highest BCUT2D eigenvalue weighted by Gasteiger charge is 2.36. The fourth-order valence-electron chi connectivity index (χ4n) is 0.958. The van der Waals surface area contributed by atoms with Crippen molar-refractivity contribution in [1.29, 1.82) is 0 Å². The minimum absolute atomic E-state index is 0.487. The highest BCUT2D eigenvalue weighted by Crippen LogP contribution is 2.26. The second kappa shape index (κ2) is 5.06. The Morgan fingerprint density at radius 2 is 2.00 bits per heavy atom. The predicted molar refractivity (Wildman–Crippen MR) is 69.2 cm³/mol. The van der Waals surface area contributed by atoms with Gasteiger partial charge in [-0.2, -0.15) is 0 Å². The zero-order chi connectivity index (χ0) is 13.2. The zero-order valence-corrected chi connectivity index (χ0v) is 11.6. The van der Waals surface area contributed by atoms with Crippen molar-refractivity contribution < 1.29 is 14.7 Å². The Labute approximate surface area is 112 Å². The first-order valence-electron chi connectivity index (χ1n) is 4.75. The third-order valence-electron chi connectivity index (χ3n) is 2.28. The molecule has 0 aliphatic carbocycles. The molecule has 92 valence electrons. The van der Waals surface area contributed by atoms with Gasteiger partial charge >= 0.3 is 5.97 Å². The number of hydrogen-bond donors (Lipinski definition) is 2. The predicted octanol–water partition coefficient (Wildman–Crippen LogP) is 3.15. The van der Waals surface area contributed by atoms with E-state index in [1.54, 1.807) is 18.2 Å². The van der Waals surface area contributed by atoms with Crippen LogP contribution in [0.5, 0.6) is 0 Å². The van der Waals surface area contributed by atoms with Gasteiger partial charge in [0.25, 0.3) is 0 Å². The molecule has 17 heavy (non-hydrogen) atoms. The maximum Gasteiger partial charge on any atom is 0.318 e. The number of aliphatic carboxylic acids is 1. The number of carbonyl (C=O) groups is 2. The summed E-state index contributed by atoms with van der Waals surface area (Å²) in [7, 11) is 0. The lowest BCUT2D eigenvalue weighted by Crippen LogP contribution is -2.37. The molecule has 0 heterocycles. The normalized spacial score (nSPS) is 11.1. The summed E-state index contributed by atoms with van der Waals surface area (Å²) in [6.07, 6.45) is 0. The number of amides is 1. The largest absolute Gasteiger partial charge is 0.480 e. The molecule has 0 aromatic heterocycles. The second-order valence-corrected chi connectivity index (χ2v) is 5.27. The fourth-order valence-corrected chi connectivity index (χ4v) is 1.45. The number of halogens is 2. The molecule has 1 amide bonds. The van der Waals surface area contributed by atoms with Crippen molar-refractivity contribution in [1.82, 2.24) is 0 Å². The van der Waals surface area contributed by atoms with Crippen LogP contribution in [0.25, 0.3) is 0 Å². The van der Waals surface area contributed by atoms with E-state index in [9.17, 15) is 9.59 Å². The molecule has 0 saturated carbocycles. The van der Waals surface area contributed by atoms with Gasteiger partial charge in [0.15, 0.2) is 0 Å². The van der Waals surface area contributed by atoms with Crippen LogP contribution in [0.4, 0.5) is 5.69 Å². The molecule has 2 N–H and O–H groups in total. The van der Waals surface area contributed by atoms with Crippen molar-refractivity contribution in [2.45, 2.75) is 13.8 Å². The van der Waals surface area contributed by atoms with Crippen LogP contribution in [0.2, 0.25) is 5.02 Å². The molecule has 4 nitrogen and oxygen atoms in total. The van der Waals surface area contributed by atoms with E-state index in [1.807, 2.05) is 0 Å². The number of rotatable bonds is 3. The Bertz CT molecular complexity index is 474. The van der Waals surface area contributed by atoms with Gasteiger partial charge in [-0.05, 0) is 48.0 Å². The van der Waals surface area contributed by atoms with Gasteiger partial charge in [-0.25, -0.2) is 0 Å². The molecule has 1 aromatic rings. The lowest BCUT2D eigenvalue weighted by atomic mass is 9.92. The maximum absolute atomic E-state index is 11.7. The Kier molecular flexibility index (Phi) is 4.16. The summed E-state index contributed by atoms with van der Waals surface area (Å²) in [5, 5.41) is 11.9. The summed E-state index contributed by atoms with van der Waals surface area (Å²) < 4.78 is 0.630. The van der Waals surface area contributed by atoms with Gasteiger partial charge in [0.2, 0.25) is 5.91 Å². The van der Waals surface area contributed by atoms with E-state index in [-0.39, 0.29) is 0 Å². The Hall–Kier alpha value is -1.07. The van der Waals surface area contributed by atoms with Gasteiger partial charge in [-0.15, -0.1) is 0 Å². The van der Waals surface area contributed by atoms with Crippen LogP contribution in [0.1, 0.15) is 13.8 Å². The number of hydrogen-bond acceptors (Lipinski definition) is 2. The number of benzene rings is 1. The smallest absolute Gasteiger partial charge is 0.318 e. The minimum Gasteiger partial charge on any atom is -0.480 e. The average molecular weight is 321 g/mol. The minimum atomic E-state index is -1.48. The van der Waals surface area contributed by atoms with Crippen LogP contribution in [-0.4, -0.2) is 17.0 Å². The third-order valence-corrected chi connectivity index (χ3v) is 3.49. The van der Waals surface area contributed by atoms with E-state index in [1.165, 1.54) is 13.8 Å². The molecule has 0 aliphatic heterocycles. The summed E-state index contributed by atoms with van der Waals surface area (Å²) in [5.74, 6) is -1.76. The van der Waals surface area contributed by atoms with Crippen molar-refractivity contribution in [3.63, 3.8) is 0 Å². The van der Waals surface area contributed by atoms with E-state index >= 15 is 0 Å². The highest BCUT2D eigenvalue weighted by atomic mass is 79.9. The molecule has 0 bridgehead atoms. The summed E-state index contributed by atoms with van der Waals surface area (Å²) in [6, 6.07) is 4.82. The topological polar surface area (TPSA) is 66.4 Å². The van der Waals surface area contributed by atoms with E-state index in [0.717, 1.165) is 0 Å². The van der Waals surface area contributed by atoms with Crippen LogP contribution >= 0.6 is 27.5 Å². The van der Waals surface area contributed by atoms with Crippen LogP contribution < -0.4 is 5.32 Å². The molecule has 0 aliphatic rings. The lowest BCUT2D eigenvalue weighted by molar-refractivity contribution is -0.151. The van der Waals surface area contributed by atoms with Gasteiger partial charge in [-0.1, -0.05) is 11.6 Å². The SMILES string of the molecule is CC(C)(C(=O)O)C(=O)Nc1ccc(Cl)c(Br)c1. The Balaban J connectivity index is 2.89. The summed E-state index contributed by atoms with van der Waals surface area (Å²) in [5.41, 5.74) is -0.993. The van der Waals surface area contributed by atoms with E-state index in [4.69, 9.17) is 16.7 Å². The maximum atomic E-state index is 11.7. The highest BCUT2D eigenvalue weighted by molar-refractivity contribution is 9.10. The Morgan fingerprint density at radius 3 is 2.47 bits per heavy atom. The van der Waals surface area contributed by atoms with Gasteiger partial charge in [0, 0.05) is 10.2 Å². The number of carbonyl (C=O) groups excluding carboxylic acids is 1. The fraction of sp³-hybridized carbons (Fsp3) is 0.273. The van der Waals surface area contributed by atoms with Crippen LogP contribution in [0.15, 0.2) is 22.7 Å². The second-order valence-electron chi connectivity index (χ2n) is 4.01. The molecule has 0 spiro atoms. The first-order chi connectivity index (χ1) is 7.75. The van der Waals surface area contributed by atoms with Crippen molar-refractivity contribution in [3.8, 4) is 0 Å². The molecular formula is C11H11BrClNO3. The van der Waals surface area contributed by atoms with Crippen molar-refractivity contribution in [2.24, 2.45) is 5.41 Å². The monoisotopic (exact) mass is 319 g/mol. The van der Waals surface area contributed by atoms with Crippen molar-refractivity contribution in [3.05, 3.63) is 27.7 Å². The van der Waals surface area contributed by atoms with Gasteiger partial charge in [0.05, 0.1) is 5.02 Å². The number of carboxylic acids is 1. The summed E-state index contributed by atoms with van der Waals surface area (Å²) in [6.45, 7) is 2.69. The zero-order valence-electron chi connectivity index (χ0n) is 9.25. The Morgan fingerprint density at radius 1 is 1.41 bits per heavy atom. The van der Waals surface area contributed by atoms with Crippen LogP contribution in [0, 0.1) is 5.41 Å². The number of nitrogens with one attached hydrogen (secondary N) is 1. The average Bonchev–Trinajstić information content (AvgIpc) is 2.23. The lowest BCUT2D eigenvalue weighted by Gasteiger charge is -2.18. The molecule has 0 fully saturated rings. The van der Waals surface area contributed by atoms with Gasteiger partial charge in [-0.3, -0.25) is 9.59 Å². The molecule has 6 heteroatoms. The molecule has 0 radical (unpaired) electrons. The first-order valence-corrected chi connectivity index (χ1v) is 5.92. The third kappa shape index (κ3) is 3.20. The molecule has 1 rings (SSSR count). The van der Waals surface area contributed by atoms with Crippen LogP contribution in [-0.2, 0) is 9.59 Å². The van der Waals surface area contributed by atoms with Crippen molar-refractivity contribution >= 4 is 45.1 Å². The van der Waals surface area contributed by atoms with E-state index in [0.29, 0.717) is 15.2 Å². The van der Waals surface area contributed by atoms with E-state index in [2.05, 4.69) is 21.2 Å². The van der Waals surface area contributed by atoms with Gasteiger partial charge < -0.3 is 10.4 Å². The van der Waals surface area contributed by atoms with E-state index < -0.39 is 17.3 Å². The number of anilines is 1. The molecule has 0 saturated heterocycles. The number of carboxylic acid groups (broad SMARTS) is 1. The van der Waals surface area contributed by atoms with Crippen LogP contribution in [0.3, 0.4) is 0 Å². The first kappa shape index (κ1) is 14.0.